The predicted octanol–water partition coefficient (Wildman–Crippen LogP) is 8.02. The monoisotopic (exact) mass is 972 g/mol. The zero-order valence-corrected chi connectivity index (χ0v) is 38.4. The molecule has 20 heteroatoms. The topological polar surface area (TPSA) is 194 Å². The second-order valence-electron chi connectivity index (χ2n) is 15.9. The summed E-state index contributed by atoms with van der Waals surface area (Å²) in [7, 11) is 4.17. The van der Waals surface area contributed by atoms with Crippen molar-refractivity contribution < 1.29 is 75.4 Å². The van der Waals surface area contributed by atoms with Gasteiger partial charge in [0.15, 0.2) is 0 Å². The molecule has 3 unspecified atom stereocenters. The number of carboxylic acid groups (broad SMARTS) is 2. The Hall–Kier alpha value is -8.16. The lowest BCUT2D eigenvalue weighted by atomic mass is 9.96. The van der Waals surface area contributed by atoms with Crippen LogP contribution in [-0.2, 0) is 34.8 Å². The molecule has 7 rings (SSSR count). The highest BCUT2D eigenvalue weighted by Crippen LogP contribution is 2.46. The van der Waals surface area contributed by atoms with E-state index in [0.717, 1.165) is 28.9 Å². The number of hydrogen-bond acceptors (Lipinski definition) is 14. The van der Waals surface area contributed by atoms with Gasteiger partial charge in [-0.15, -0.1) is 0 Å². The van der Waals surface area contributed by atoms with E-state index in [1.807, 2.05) is 29.2 Å². The number of guanidine groups is 1. The van der Waals surface area contributed by atoms with Crippen molar-refractivity contribution in [3.63, 3.8) is 0 Å². The Morgan fingerprint density at radius 1 is 0.700 bits per heavy atom. The molecule has 0 bridgehead atoms. The van der Waals surface area contributed by atoms with Gasteiger partial charge in [0.1, 0.15) is 23.0 Å². The highest BCUT2D eigenvalue weighted by molar-refractivity contribution is 6.02. The van der Waals surface area contributed by atoms with Crippen LogP contribution in [0.4, 0.5) is 34.6 Å². The summed E-state index contributed by atoms with van der Waals surface area (Å²) in [5.74, 6) is -5.78. The number of fused-ring (bicyclic) bond motifs is 1. The number of nitrogens with zero attached hydrogens (tertiary/aromatic N) is 4. The van der Waals surface area contributed by atoms with E-state index in [4.69, 9.17) is 23.7 Å². The van der Waals surface area contributed by atoms with Gasteiger partial charge >= 0.3 is 36.0 Å². The summed E-state index contributed by atoms with van der Waals surface area (Å²) in [6.45, 7) is 5.52. The highest BCUT2D eigenvalue weighted by atomic mass is 19.4. The van der Waals surface area contributed by atoms with Crippen molar-refractivity contribution in [3.05, 3.63) is 148 Å². The average Bonchev–Trinajstić information content (AvgIpc) is 3.35. The summed E-state index contributed by atoms with van der Waals surface area (Å²) < 4.78 is 82.3. The van der Waals surface area contributed by atoms with Gasteiger partial charge in [-0.3, -0.25) is 4.79 Å². The summed E-state index contributed by atoms with van der Waals surface area (Å²) in [5.41, 5.74) is 2.26. The molecular weight excluding hydrogens is 925 g/mol. The number of ether oxygens (including phenoxy) is 5. The molecule has 368 valence electrons. The molecule has 0 radical (unpaired) electrons. The molecule has 5 aromatic rings. The Balaban J connectivity index is 0.000000250. The SMILES string of the molecule is COC(=O)CC1c2cccc(F)c2N=C(N2CCN(c3cccc(OC)c3)CC2)N1c1cc(C(F)(F)F)ccc1OC.Cc1ccc(C(=O)OC(C(=O)O)C(OC(=O)c2ccc(C)cc2)C(=O)O)cc1. The minimum atomic E-state index is -4.64. The van der Waals surface area contributed by atoms with Gasteiger partial charge < -0.3 is 48.6 Å². The van der Waals surface area contributed by atoms with Gasteiger partial charge in [0.25, 0.3) is 0 Å². The molecule has 16 nitrogen and oxygen atoms in total. The van der Waals surface area contributed by atoms with E-state index >= 15 is 4.39 Å². The number of esters is 3. The van der Waals surface area contributed by atoms with E-state index in [2.05, 4.69) is 9.89 Å². The second-order valence-corrected chi connectivity index (χ2v) is 15.9. The van der Waals surface area contributed by atoms with E-state index in [0.29, 0.717) is 37.5 Å². The number of rotatable bonds is 13. The van der Waals surface area contributed by atoms with Crippen molar-refractivity contribution in [2.75, 3.05) is 57.3 Å². The molecule has 1 fully saturated rings. The number of carboxylic acids is 2. The van der Waals surface area contributed by atoms with Crippen LogP contribution in [0.15, 0.2) is 114 Å². The number of piperazine rings is 1. The summed E-state index contributed by atoms with van der Waals surface area (Å²) in [6.07, 6.45) is -9.35. The number of alkyl halides is 3. The number of carbonyl (C=O) groups excluding carboxylic acids is 3. The Bertz CT molecular complexity index is 2670. The van der Waals surface area contributed by atoms with Crippen LogP contribution in [-0.4, -0.2) is 111 Å². The van der Waals surface area contributed by atoms with E-state index < -0.39 is 65.7 Å². The molecule has 1 saturated heterocycles. The average molecular weight is 973 g/mol. The third-order valence-corrected chi connectivity index (χ3v) is 11.3. The smallest absolute Gasteiger partial charge is 0.416 e. The second kappa shape index (κ2) is 22.3. The molecule has 5 aromatic carbocycles. The molecule has 2 heterocycles. The summed E-state index contributed by atoms with van der Waals surface area (Å²) in [6, 6.07) is 26.3. The number of aliphatic carboxylic acids is 2. The first-order chi connectivity index (χ1) is 33.3. The van der Waals surface area contributed by atoms with Crippen LogP contribution in [0, 0.1) is 19.7 Å². The lowest BCUT2D eigenvalue weighted by molar-refractivity contribution is -0.166. The number of anilines is 2. The van der Waals surface area contributed by atoms with Crippen molar-refractivity contribution in [2.45, 2.75) is 44.7 Å². The van der Waals surface area contributed by atoms with Crippen LogP contribution in [0.3, 0.4) is 0 Å². The Labute approximate surface area is 399 Å². The van der Waals surface area contributed by atoms with Gasteiger partial charge in [-0.1, -0.05) is 53.6 Å². The molecular formula is C50H48F4N4O12. The van der Waals surface area contributed by atoms with E-state index in [9.17, 15) is 47.4 Å². The molecule has 0 saturated carbocycles. The minimum Gasteiger partial charge on any atom is -0.497 e. The van der Waals surface area contributed by atoms with Crippen molar-refractivity contribution in [1.82, 2.24) is 4.90 Å². The molecule has 0 spiro atoms. The number of aryl methyl sites for hydroxylation is 2. The zero-order chi connectivity index (χ0) is 50.9. The Kier molecular flexibility index (Phi) is 16.3. The zero-order valence-electron chi connectivity index (χ0n) is 38.4. The van der Waals surface area contributed by atoms with Gasteiger partial charge in [0.2, 0.25) is 18.2 Å². The minimum absolute atomic E-state index is 0.0267. The van der Waals surface area contributed by atoms with Crippen LogP contribution in [0.2, 0.25) is 0 Å². The largest absolute Gasteiger partial charge is 0.497 e. The van der Waals surface area contributed by atoms with Crippen LogP contribution in [0.25, 0.3) is 0 Å². The number of carbonyl (C=O) groups is 5. The van der Waals surface area contributed by atoms with E-state index in [1.165, 1.54) is 61.6 Å². The fourth-order valence-corrected chi connectivity index (χ4v) is 7.55. The molecule has 0 aliphatic carbocycles. The number of aliphatic imine (C=N–C) groups is 1. The number of methoxy groups -OCH3 is 3. The Morgan fingerprint density at radius 3 is 1.74 bits per heavy atom. The standard InChI is InChI=1S/C30H30F4N4O4.C20H18O8/c1-40-21-7-4-6-20(17-21)36-12-14-37(15-13-36)29-35-28-22(8-5-9-23(28)31)24(18-27(39)42-3)38(29)25-16-19(30(32,33)34)10-11-26(25)41-2;1-11-3-7-13(8-4-11)19(25)27-15(17(21)22)16(18(23)24)28-20(26)14-9-5-12(2)6-10-14/h4-11,16-17,24H,12-15,18H2,1-3H3;3-10,15-16H,1-2H3,(H,21,22)(H,23,24). The quantitative estimate of drug-likeness (QED) is 0.0654. The van der Waals surface area contributed by atoms with Crippen molar-refractivity contribution >= 4 is 52.9 Å². The molecule has 3 atom stereocenters. The fraction of sp³-hybridized carbons (Fsp3) is 0.280. The first-order valence-electron chi connectivity index (χ1n) is 21.5. The van der Waals surface area contributed by atoms with Gasteiger partial charge in [0.05, 0.1) is 56.2 Å². The highest BCUT2D eigenvalue weighted by Gasteiger charge is 2.42. The molecule has 70 heavy (non-hydrogen) atoms. The van der Waals surface area contributed by atoms with E-state index in [-0.39, 0.29) is 40.6 Å². The van der Waals surface area contributed by atoms with Gasteiger partial charge in [-0.25, -0.2) is 28.6 Å². The predicted molar refractivity (Wildman–Crippen MR) is 246 cm³/mol. The summed E-state index contributed by atoms with van der Waals surface area (Å²) in [5, 5.41) is 18.6. The van der Waals surface area contributed by atoms with Gasteiger partial charge in [-0.2, -0.15) is 13.2 Å². The summed E-state index contributed by atoms with van der Waals surface area (Å²) in [4.78, 5) is 70.2. The number of para-hydroxylation sites is 1. The fourth-order valence-electron chi connectivity index (χ4n) is 7.55. The number of halogens is 4. The molecule has 2 aliphatic rings. The number of hydrogen-bond donors (Lipinski definition) is 2. The molecule has 2 N–H and O–H groups in total. The maximum absolute atomic E-state index is 15.2. The first kappa shape index (κ1) is 51.2. The number of benzene rings is 5. The lowest BCUT2D eigenvalue weighted by Gasteiger charge is -2.45. The maximum atomic E-state index is 15.2. The van der Waals surface area contributed by atoms with Crippen LogP contribution < -0.4 is 19.3 Å². The van der Waals surface area contributed by atoms with Crippen LogP contribution >= 0.6 is 0 Å². The van der Waals surface area contributed by atoms with E-state index in [1.54, 1.807) is 51.3 Å². The normalized spacial score (nSPS) is 15.2. The lowest BCUT2D eigenvalue weighted by Crippen LogP contribution is -2.55. The van der Waals surface area contributed by atoms with Crippen molar-refractivity contribution in [1.29, 1.82) is 0 Å². The maximum Gasteiger partial charge on any atom is 0.416 e. The van der Waals surface area contributed by atoms with Gasteiger partial charge in [-0.05, 0) is 74.5 Å². The van der Waals surface area contributed by atoms with Crippen molar-refractivity contribution in [3.8, 4) is 11.5 Å². The summed E-state index contributed by atoms with van der Waals surface area (Å²) >= 11 is 0. The van der Waals surface area contributed by atoms with Crippen LogP contribution in [0.1, 0.15) is 55.4 Å². The Morgan fingerprint density at radius 2 is 1.24 bits per heavy atom. The molecule has 0 aromatic heterocycles. The third-order valence-electron chi connectivity index (χ3n) is 11.3. The van der Waals surface area contributed by atoms with Crippen LogP contribution in [0.5, 0.6) is 11.5 Å². The molecule has 0 amide bonds. The molecule has 2 aliphatic heterocycles. The third kappa shape index (κ3) is 12.1. The first-order valence-corrected chi connectivity index (χ1v) is 21.5. The van der Waals surface area contributed by atoms with Gasteiger partial charge in [0, 0.05) is 43.5 Å². The van der Waals surface area contributed by atoms with Crippen molar-refractivity contribution in [2.24, 2.45) is 4.99 Å².